The summed E-state index contributed by atoms with van der Waals surface area (Å²) in [6, 6.07) is 0. The van der Waals surface area contributed by atoms with Gasteiger partial charge in [-0.2, -0.15) is 0 Å². The van der Waals surface area contributed by atoms with Crippen LogP contribution in [0, 0.1) is 0 Å². The molecule has 4 nitrogen and oxygen atoms in total. The number of hydrogen-bond donors (Lipinski definition) is 3. The number of nitrogens with zero attached hydrogens (tertiary/aromatic N) is 1. The van der Waals surface area contributed by atoms with Gasteiger partial charge in [-0.25, -0.2) is 0 Å². The fraction of sp³-hybridized carbons (Fsp3) is 0.250. The molecule has 0 atom stereocenters. The molecule has 0 aliphatic heterocycles. The van der Waals surface area contributed by atoms with Crippen molar-refractivity contribution in [1.29, 1.82) is 0 Å². The predicted octanol–water partition coefficient (Wildman–Crippen LogP) is 1.29. The molecule has 5 heteroatoms. The first-order valence-corrected chi connectivity index (χ1v) is 5.59. The topological polar surface area (TPSA) is 78.8 Å². The SMILES string of the molecule is C=C/C(N)=C(\N=C)P(=C)(O)O.CC. The van der Waals surface area contributed by atoms with Gasteiger partial charge in [-0.1, -0.05) is 20.4 Å². The molecular formula is C8H17N2O2P. The Morgan fingerprint density at radius 1 is 1.46 bits per heavy atom. The van der Waals surface area contributed by atoms with Crippen LogP contribution in [-0.4, -0.2) is 22.8 Å². The molecule has 0 amide bonds. The molecule has 0 heterocycles. The summed E-state index contributed by atoms with van der Waals surface area (Å²) in [6.07, 6.45) is 4.37. The van der Waals surface area contributed by atoms with E-state index in [0.29, 0.717) is 0 Å². The van der Waals surface area contributed by atoms with E-state index in [1.165, 1.54) is 6.08 Å². The Labute approximate surface area is 79.3 Å². The van der Waals surface area contributed by atoms with Crippen molar-refractivity contribution in [3.63, 3.8) is 0 Å². The smallest absolute Gasteiger partial charge is 0.162 e. The van der Waals surface area contributed by atoms with Crippen molar-refractivity contribution in [1.82, 2.24) is 0 Å². The number of allylic oxidation sites excluding steroid dienone is 1. The van der Waals surface area contributed by atoms with Gasteiger partial charge in [0.05, 0.1) is 5.70 Å². The molecule has 0 saturated carbocycles. The summed E-state index contributed by atoms with van der Waals surface area (Å²) in [5, 5.41) is 0. The first kappa shape index (κ1) is 14.7. The fourth-order valence-electron chi connectivity index (χ4n) is 0.503. The third kappa shape index (κ3) is 5.42. The van der Waals surface area contributed by atoms with Crippen molar-refractivity contribution < 1.29 is 9.79 Å². The molecule has 0 bridgehead atoms. The number of hydrogen-bond acceptors (Lipinski definition) is 4. The predicted molar refractivity (Wildman–Crippen MR) is 60.8 cm³/mol. The highest BCUT2D eigenvalue weighted by molar-refractivity contribution is 7.66. The van der Waals surface area contributed by atoms with E-state index in [1.54, 1.807) is 0 Å². The van der Waals surface area contributed by atoms with Gasteiger partial charge in [-0.15, -0.1) is 0 Å². The molecule has 0 radical (unpaired) electrons. The zero-order chi connectivity index (χ0) is 11.1. The lowest BCUT2D eigenvalue weighted by atomic mass is 10.5. The third-order valence-corrected chi connectivity index (χ3v) is 2.05. The second-order valence-corrected chi connectivity index (χ2v) is 3.76. The van der Waals surface area contributed by atoms with E-state index in [-0.39, 0.29) is 11.1 Å². The van der Waals surface area contributed by atoms with Crippen LogP contribution in [0.1, 0.15) is 13.8 Å². The van der Waals surface area contributed by atoms with Gasteiger partial charge in [0.25, 0.3) is 0 Å². The van der Waals surface area contributed by atoms with Gasteiger partial charge in [-0.05, 0) is 19.1 Å². The van der Waals surface area contributed by atoms with E-state index in [2.05, 4.69) is 24.6 Å². The van der Waals surface area contributed by atoms with Crippen LogP contribution in [0.15, 0.2) is 28.8 Å². The lowest BCUT2D eigenvalue weighted by Gasteiger charge is -2.10. The zero-order valence-corrected chi connectivity index (χ0v) is 8.96. The fourth-order valence-corrected chi connectivity index (χ4v) is 1.23. The van der Waals surface area contributed by atoms with Crippen LogP contribution in [-0.2, 0) is 0 Å². The van der Waals surface area contributed by atoms with Crippen LogP contribution >= 0.6 is 7.34 Å². The van der Waals surface area contributed by atoms with Crippen molar-refractivity contribution in [2.75, 3.05) is 0 Å². The summed E-state index contributed by atoms with van der Waals surface area (Å²) in [7, 11) is -3.39. The Balaban J connectivity index is 0. The van der Waals surface area contributed by atoms with Crippen molar-refractivity contribution in [2.24, 2.45) is 10.7 Å². The lowest BCUT2D eigenvalue weighted by molar-refractivity contribution is 0.485. The van der Waals surface area contributed by atoms with E-state index < -0.39 is 7.34 Å². The Kier molecular flexibility index (Phi) is 7.52. The van der Waals surface area contributed by atoms with Crippen LogP contribution in [0.2, 0.25) is 0 Å². The molecule has 0 aliphatic carbocycles. The minimum Gasteiger partial charge on any atom is -0.397 e. The Bertz CT molecular complexity index is 253. The van der Waals surface area contributed by atoms with Crippen LogP contribution < -0.4 is 5.73 Å². The van der Waals surface area contributed by atoms with Crippen molar-refractivity contribution in [3.05, 3.63) is 23.8 Å². The monoisotopic (exact) mass is 204 g/mol. The molecule has 0 aromatic heterocycles. The van der Waals surface area contributed by atoms with Crippen molar-refractivity contribution in [2.45, 2.75) is 13.8 Å². The number of nitrogens with two attached hydrogens (primary N) is 1. The van der Waals surface area contributed by atoms with E-state index in [9.17, 15) is 0 Å². The zero-order valence-electron chi connectivity index (χ0n) is 8.06. The van der Waals surface area contributed by atoms with Crippen LogP contribution in [0.25, 0.3) is 0 Å². The molecule has 0 unspecified atom stereocenters. The average Bonchev–Trinajstić information content (AvgIpc) is 2.06. The van der Waals surface area contributed by atoms with E-state index in [4.69, 9.17) is 15.5 Å². The highest BCUT2D eigenvalue weighted by Crippen LogP contribution is 2.45. The van der Waals surface area contributed by atoms with Crippen molar-refractivity contribution >= 4 is 20.4 Å². The molecule has 0 aliphatic rings. The van der Waals surface area contributed by atoms with Gasteiger partial charge in [-0.3, -0.25) is 4.99 Å². The van der Waals surface area contributed by atoms with Crippen LogP contribution in [0.4, 0.5) is 0 Å². The molecule has 0 rings (SSSR count). The first-order valence-electron chi connectivity index (χ1n) is 3.72. The minimum absolute atomic E-state index is 0.0903. The summed E-state index contributed by atoms with van der Waals surface area (Å²) >= 11 is 0. The summed E-state index contributed by atoms with van der Waals surface area (Å²) < 4.78 is 0. The summed E-state index contributed by atoms with van der Waals surface area (Å²) in [5.41, 5.74) is 5.31. The second-order valence-electron chi connectivity index (χ2n) is 1.87. The van der Waals surface area contributed by atoms with E-state index >= 15 is 0 Å². The third-order valence-electron chi connectivity index (χ3n) is 0.967. The molecule has 0 spiro atoms. The lowest BCUT2D eigenvalue weighted by Crippen LogP contribution is -1.98. The maximum Gasteiger partial charge on any atom is 0.162 e. The van der Waals surface area contributed by atoms with E-state index in [0.717, 1.165) is 0 Å². The second kappa shape index (κ2) is 6.66. The summed E-state index contributed by atoms with van der Waals surface area (Å²) in [5.74, 6) is 0. The standard InChI is InChI=1S/C6H11N2O2P.C2H6/c1-4-5(7)6(8-2)11(3,9)10;1-2/h4,9-10H,1-3,7H2;1-2H3/b6-5-;. The number of rotatable bonds is 3. The van der Waals surface area contributed by atoms with Gasteiger partial charge in [0, 0.05) is 0 Å². The van der Waals surface area contributed by atoms with Gasteiger partial charge in [0.1, 0.15) is 5.44 Å². The number of aliphatic imine (C=N–C) groups is 1. The van der Waals surface area contributed by atoms with Crippen LogP contribution in [0.5, 0.6) is 0 Å². The Morgan fingerprint density at radius 3 is 1.92 bits per heavy atom. The highest BCUT2D eigenvalue weighted by atomic mass is 31.2. The largest absolute Gasteiger partial charge is 0.397 e. The normalized spacial score (nSPS) is 12.0. The van der Waals surface area contributed by atoms with Gasteiger partial charge < -0.3 is 15.5 Å². The Morgan fingerprint density at radius 2 is 1.85 bits per heavy atom. The molecular weight excluding hydrogens is 187 g/mol. The molecule has 0 aromatic carbocycles. The highest BCUT2D eigenvalue weighted by Gasteiger charge is 2.13. The van der Waals surface area contributed by atoms with Crippen molar-refractivity contribution in [3.8, 4) is 0 Å². The van der Waals surface area contributed by atoms with E-state index in [1.807, 2.05) is 13.8 Å². The molecule has 0 saturated heterocycles. The molecule has 76 valence electrons. The minimum atomic E-state index is -3.39. The van der Waals surface area contributed by atoms with Gasteiger partial charge in [0.15, 0.2) is 7.34 Å². The molecule has 0 fully saturated rings. The van der Waals surface area contributed by atoms with Crippen LogP contribution in [0.3, 0.4) is 0 Å². The average molecular weight is 204 g/mol. The Hall–Kier alpha value is -0.830. The summed E-state index contributed by atoms with van der Waals surface area (Å²) in [6.45, 7) is 10.5. The quantitative estimate of drug-likeness (QED) is 0.368. The van der Waals surface area contributed by atoms with Gasteiger partial charge >= 0.3 is 0 Å². The van der Waals surface area contributed by atoms with Gasteiger partial charge in [0.2, 0.25) is 0 Å². The first-order chi connectivity index (χ1) is 5.93. The summed E-state index contributed by atoms with van der Waals surface area (Å²) in [4.78, 5) is 21.4. The molecule has 4 N–H and O–H groups in total. The maximum atomic E-state index is 9.02. The molecule has 13 heavy (non-hydrogen) atoms. The molecule has 0 aromatic rings. The maximum absolute atomic E-state index is 9.02.